The zero-order valence-electron chi connectivity index (χ0n) is 79.7. The van der Waals surface area contributed by atoms with E-state index in [4.69, 9.17) is 29.3 Å². The van der Waals surface area contributed by atoms with E-state index in [1.165, 1.54) is 173 Å². The Kier molecular flexibility index (Phi) is 19.5. The van der Waals surface area contributed by atoms with Crippen LogP contribution < -0.4 is 0 Å². The second-order valence-electron chi connectivity index (χ2n) is 39.0. The topological polar surface area (TPSA) is 82.5 Å². The Morgan fingerprint density at radius 3 is 1.41 bits per heavy atom. The van der Waals surface area contributed by atoms with Crippen LogP contribution >= 0.6 is 11.3 Å². The van der Waals surface area contributed by atoms with Crippen molar-refractivity contribution in [3.63, 3.8) is 0 Å². The maximum atomic E-state index is 6.20. The van der Waals surface area contributed by atoms with Crippen LogP contribution in [-0.2, 0) is 5.41 Å². The highest BCUT2D eigenvalue weighted by molar-refractivity contribution is 7.25. The van der Waals surface area contributed by atoms with Gasteiger partial charge in [0.1, 0.15) is 17.0 Å². The van der Waals surface area contributed by atoms with Crippen molar-refractivity contribution in [2.75, 3.05) is 0 Å². The first-order valence-electron chi connectivity index (χ1n) is 50.0. The minimum Gasteiger partial charge on any atom is -0.456 e. The van der Waals surface area contributed by atoms with E-state index in [2.05, 4.69) is 461 Å². The monoisotopic (exact) mass is 1870 g/mol. The smallest absolute Gasteiger partial charge is 0.160 e. The van der Waals surface area contributed by atoms with Crippen LogP contribution in [0.1, 0.15) is 25.0 Å². The van der Waals surface area contributed by atoms with Gasteiger partial charge in [-0.05, 0) is 279 Å². The van der Waals surface area contributed by atoms with Crippen LogP contribution in [0.25, 0.3) is 289 Å². The number of nitrogens with zero attached hydrogens (tertiary/aromatic N) is 6. The Bertz CT molecular complexity index is 10700. The van der Waals surface area contributed by atoms with E-state index in [1.54, 1.807) is 0 Å². The summed E-state index contributed by atoms with van der Waals surface area (Å²) in [5, 5.41) is 30.5. The van der Waals surface area contributed by atoms with E-state index in [9.17, 15) is 0 Å². The van der Waals surface area contributed by atoms with Crippen LogP contribution in [0.3, 0.4) is 0 Å². The first kappa shape index (κ1) is 84.2. The molecular formula is C138H86N6OS. The molecular weight excluding hydrogens is 1790 g/mol. The van der Waals surface area contributed by atoms with Gasteiger partial charge in [0, 0.05) is 86.7 Å². The van der Waals surface area contributed by atoms with E-state index in [1.807, 2.05) is 53.9 Å². The molecule has 146 heavy (non-hydrogen) atoms. The van der Waals surface area contributed by atoms with Gasteiger partial charge in [0.05, 0.1) is 39.0 Å². The fraction of sp³-hybridized carbons (Fsp3) is 0.0217. The SMILES string of the molecule is CC1(C)c2ccccc2-c2c(-c3cc(-c4cccc(-c5nc6ccccc6n5-c5ccccc5)c4)c4c5ccccc5c5ccccc5c4c3)cccc21.c1ccc(-c2nc(-c3cc(-c4ccc5oc6ccccc6c5c4)cc4c5ccccc5c5ccccc5c34)c3ccccc3n2)cc1.c1cnc2c(c1)ccc1ccc(-c3cc(-c4ccc5c(c4)sc4ccccc45)cc4c5ccccc5c5ccccc5c34)nc12. The Balaban J connectivity index is 0.000000104. The van der Waals surface area contributed by atoms with Gasteiger partial charge in [-0.15, -0.1) is 11.3 Å². The Morgan fingerprint density at radius 1 is 0.247 bits per heavy atom. The molecule has 6 heterocycles. The molecule has 24 aromatic carbocycles. The molecule has 30 aromatic rings. The summed E-state index contributed by atoms with van der Waals surface area (Å²) in [6, 6.07) is 173. The molecule has 0 fully saturated rings. The summed E-state index contributed by atoms with van der Waals surface area (Å²) >= 11 is 1.86. The zero-order chi connectivity index (χ0) is 96.3. The number of hydrogen-bond acceptors (Lipinski definition) is 7. The molecule has 680 valence electrons. The van der Waals surface area contributed by atoms with Crippen molar-refractivity contribution in [1.29, 1.82) is 0 Å². The number of rotatable bonds is 9. The summed E-state index contributed by atoms with van der Waals surface area (Å²) in [5.74, 6) is 1.65. The number of thiophene rings is 1. The second-order valence-corrected chi connectivity index (χ2v) is 40.1. The number of furan rings is 1. The van der Waals surface area contributed by atoms with Crippen molar-refractivity contribution in [2.45, 2.75) is 19.3 Å². The number of aromatic nitrogens is 6. The molecule has 0 radical (unpaired) electrons. The van der Waals surface area contributed by atoms with Crippen LogP contribution in [-0.4, -0.2) is 29.5 Å². The Labute approximate surface area is 844 Å². The summed E-state index contributed by atoms with van der Waals surface area (Å²) in [6.07, 6.45) is 1.86. The first-order valence-corrected chi connectivity index (χ1v) is 50.8. The van der Waals surface area contributed by atoms with E-state index < -0.39 is 0 Å². The van der Waals surface area contributed by atoms with Gasteiger partial charge in [-0.25, -0.2) is 19.9 Å². The lowest BCUT2D eigenvalue weighted by Crippen LogP contribution is -2.14. The number of fused-ring (bicyclic) bond motifs is 32. The molecule has 0 N–H and O–H groups in total. The quantitative estimate of drug-likeness (QED) is 0.134. The fourth-order valence-corrected chi connectivity index (χ4v) is 24.9. The lowest BCUT2D eigenvalue weighted by atomic mass is 9.81. The van der Waals surface area contributed by atoms with Gasteiger partial charge in [-0.3, -0.25) is 9.55 Å². The van der Waals surface area contributed by atoms with E-state index in [0.29, 0.717) is 5.82 Å². The van der Waals surface area contributed by atoms with Crippen LogP contribution in [0.4, 0.5) is 0 Å². The molecule has 1 aliphatic rings. The molecule has 1 aliphatic carbocycles. The number of hydrogen-bond donors (Lipinski definition) is 0. The number of para-hydroxylation sites is 5. The molecule has 0 spiro atoms. The summed E-state index contributed by atoms with van der Waals surface area (Å²) in [5.41, 5.74) is 28.8. The zero-order valence-corrected chi connectivity index (χ0v) is 80.5. The van der Waals surface area contributed by atoms with Crippen molar-refractivity contribution in [2.24, 2.45) is 0 Å². The fourth-order valence-electron chi connectivity index (χ4n) is 23.8. The van der Waals surface area contributed by atoms with Gasteiger partial charge in [0.25, 0.3) is 0 Å². The average Bonchev–Trinajstić information content (AvgIpc) is 1.09. The van der Waals surface area contributed by atoms with Crippen LogP contribution in [0.5, 0.6) is 0 Å². The highest BCUT2D eigenvalue weighted by atomic mass is 32.1. The summed E-state index contributed by atoms with van der Waals surface area (Å²) in [6.45, 7) is 4.72. The third-order valence-corrected chi connectivity index (χ3v) is 31.6. The molecule has 7 nitrogen and oxygen atoms in total. The van der Waals surface area contributed by atoms with Crippen molar-refractivity contribution in [3.8, 4) is 107 Å². The standard InChI is InChI=1S/C52H36N2.C44H26N2O.C42H24N2S/c1-52(2)45-26-11-10-24-42(45)50-37(25-15-27-46(50)52)35-31-43(49-41-23-9-8-21-39(41)38-20-6-7-22-40(38)44(49)32-35)33-16-14-17-34(30-33)51-53-47-28-12-13-29-48(47)54(51)36-18-4-3-5-19-36;1-2-12-27(13-3-1)44-45-39-20-10-8-19-35(39)43(46-44)38-26-29(28-22-23-41-36(24-28)33-17-9-11-21-40(33)47-41)25-37-32-16-5-4-14-30(32)31-15-6-7-18-34(31)42(37)38;1-2-11-31-29(9-1)30-10-3-4-13-34(30)40-35(31)22-28(27-17-19-33-32-12-5-6-14-38(32)45-39(33)24-27)23-36(40)37-20-18-26-16-15-25-8-7-21-43-41(25)42(26)44-37/h3-32H,1-2H3;1-26H;1-24H. The molecule has 0 aliphatic heterocycles. The highest BCUT2D eigenvalue weighted by Gasteiger charge is 2.37. The predicted octanol–water partition coefficient (Wildman–Crippen LogP) is 37.7. The number of pyridine rings is 2. The maximum absolute atomic E-state index is 6.20. The molecule has 0 atom stereocenters. The van der Waals surface area contributed by atoms with Crippen molar-refractivity contribution < 1.29 is 4.42 Å². The molecule has 0 amide bonds. The van der Waals surface area contributed by atoms with Crippen LogP contribution in [0.2, 0.25) is 0 Å². The van der Waals surface area contributed by atoms with Gasteiger partial charge in [0.2, 0.25) is 0 Å². The van der Waals surface area contributed by atoms with Crippen LogP contribution in [0.15, 0.2) is 490 Å². The Hall–Kier alpha value is -18.7. The van der Waals surface area contributed by atoms with Gasteiger partial charge in [0.15, 0.2) is 5.82 Å². The van der Waals surface area contributed by atoms with Gasteiger partial charge >= 0.3 is 0 Å². The van der Waals surface area contributed by atoms with E-state index in [-0.39, 0.29) is 5.41 Å². The first-order chi connectivity index (χ1) is 72.2. The summed E-state index contributed by atoms with van der Waals surface area (Å²) < 4.78 is 11.1. The van der Waals surface area contributed by atoms with Gasteiger partial charge in [-0.1, -0.05) is 378 Å². The van der Waals surface area contributed by atoms with Crippen LogP contribution in [0, 0.1) is 0 Å². The molecule has 31 rings (SSSR count). The van der Waals surface area contributed by atoms with Crippen molar-refractivity contribution in [3.05, 3.63) is 497 Å². The molecule has 8 heteroatoms. The minimum absolute atomic E-state index is 0.0803. The predicted molar refractivity (Wildman–Crippen MR) is 616 cm³/mol. The van der Waals surface area contributed by atoms with E-state index >= 15 is 0 Å². The molecule has 0 unspecified atom stereocenters. The average molecular weight is 1880 g/mol. The molecule has 0 saturated heterocycles. The highest BCUT2D eigenvalue weighted by Crippen LogP contribution is 2.55. The maximum Gasteiger partial charge on any atom is 0.160 e. The largest absolute Gasteiger partial charge is 0.456 e. The number of imidazole rings is 1. The van der Waals surface area contributed by atoms with Gasteiger partial charge < -0.3 is 4.42 Å². The normalized spacial score (nSPS) is 12.4. The van der Waals surface area contributed by atoms with Gasteiger partial charge in [-0.2, -0.15) is 0 Å². The lowest BCUT2D eigenvalue weighted by molar-refractivity contribution is 0.660. The van der Waals surface area contributed by atoms with E-state index in [0.717, 1.165) is 122 Å². The third-order valence-electron chi connectivity index (χ3n) is 30.5. The summed E-state index contributed by atoms with van der Waals surface area (Å²) in [7, 11) is 0. The Morgan fingerprint density at radius 2 is 0.719 bits per heavy atom. The second kappa shape index (κ2) is 33.8. The molecule has 6 aromatic heterocycles. The van der Waals surface area contributed by atoms with Crippen molar-refractivity contribution >= 4 is 194 Å². The lowest BCUT2D eigenvalue weighted by Gasteiger charge is -2.22. The number of benzene rings is 24. The van der Waals surface area contributed by atoms with Crippen molar-refractivity contribution in [1.82, 2.24) is 29.5 Å². The molecule has 0 saturated carbocycles. The minimum atomic E-state index is -0.0803. The third kappa shape index (κ3) is 13.6. The molecule has 0 bridgehead atoms. The summed E-state index contributed by atoms with van der Waals surface area (Å²) in [4.78, 5) is 25.8.